The van der Waals surface area contributed by atoms with E-state index in [1.807, 2.05) is 6.92 Å². The number of Topliss-reactive ketones (excluding diaryl/α,β-unsaturated/α-hetero) is 2. The first-order valence-electron chi connectivity index (χ1n) is 5.74. The van der Waals surface area contributed by atoms with Crippen LogP contribution in [0.2, 0.25) is 0 Å². The second kappa shape index (κ2) is 4.73. The van der Waals surface area contributed by atoms with Gasteiger partial charge in [0.25, 0.3) is 0 Å². The molecule has 0 aromatic carbocycles. The Labute approximate surface area is 101 Å². The molecule has 1 rings (SSSR count). The zero-order chi connectivity index (χ0) is 13.3. The van der Waals surface area contributed by atoms with Crippen LogP contribution < -0.4 is 0 Å². The molecule has 2 atom stereocenters. The van der Waals surface area contributed by atoms with Crippen molar-refractivity contribution in [2.24, 2.45) is 11.8 Å². The average Bonchev–Trinajstić information content (AvgIpc) is 2.32. The molecule has 1 aliphatic carbocycles. The molecule has 0 fully saturated rings. The average molecular weight is 238 g/mol. The Morgan fingerprint density at radius 2 is 1.94 bits per heavy atom. The monoisotopic (exact) mass is 238 g/mol. The van der Waals surface area contributed by atoms with Gasteiger partial charge in [0.15, 0.2) is 11.6 Å². The summed E-state index contributed by atoms with van der Waals surface area (Å²) in [6.07, 6.45) is 0.603. The standard InChI is InChI=1S/C13H18O4/c1-5-6(2)10(14)9-12(16)7(3)11(15)8(4)13(9)17/h6-7,15,17H,5H2,1-4H3. The summed E-state index contributed by atoms with van der Waals surface area (Å²) in [5.74, 6) is -2.46. The Bertz CT molecular complexity index is 429. The number of aliphatic hydroxyl groups is 2. The summed E-state index contributed by atoms with van der Waals surface area (Å²) in [4.78, 5) is 23.9. The molecule has 0 aromatic rings. The SMILES string of the molecule is CCC(C)C(=O)C1=C(O)C(C)=C(O)C(C)C1=O. The van der Waals surface area contributed by atoms with Crippen molar-refractivity contribution in [1.29, 1.82) is 0 Å². The van der Waals surface area contributed by atoms with Gasteiger partial charge in [0.2, 0.25) is 0 Å². The van der Waals surface area contributed by atoms with E-state index < -0.39 is 11.7 Å². The van der Waals surface area contributed by atoms with E-state index in [4.69, 9.17) is 0 Å². The fourth-order valence-electron chi connectivity index (χ4n) is 1.76. The van der Waals surface area contributed by atoms with Crippen LogP contribution in [0.3, 0.4) is 0 Å². The second-order valence-corrected chi connectivity index (χ2v) is 4.49. The third-order valence-corrected chi connectivity index (χ3v) is 3.33. The summed E-state index contributed by atoms with van der Waals surface area (Å²) in [7, 11) is 0. The summed E-state index contributed by atoms with van der Waals surface area (Å²) in [5.41, 5.74) is 0.0471. The number of ketones is 2. The molecule has 4 heteroatoms. The molecule has 94 valence electrons. The lowest BCUT2D eigenvalue weighted by molar-refractivity contribution is -0.125. The first-order valence-corrected chi connectivity index (χ1v) is 5.74. The quantitative estimate of drug-likeness (QED) is 0.741. The van der Waals surface area contributed by atoms with Gasteiger partial charge in [-0.15, -0.1) is 0 Å². The molecule has 0 saturated carbocycles. The number of carbonyl (C=O) groups is 2. The number of hydrogen-bond acceptors (Lipinski definition) is 4. The van der Waals surface area contributed by atoms with Gasteiger partial charge >= 0.3 is 0 Å². The van der Waals surface area contributed by atoms with Crippen molar-refractivity contribution in [2.45, 2.75) is 34.1 Å². The Morgan fingerprint density at radius 1 is 1.41 bits per heavy atom. The summed E-state index contributed by atoms with van der Waals surface area (Å²) >= 11 is 0. The molecular formula is C13H18O4. The molecule has 2 N–H and O–H groups in total. The highest BCUT2D eigenvalue weighted by Gasteiger charge is 2.36. The molecule has 4 nitrogen and oxygen atoms in total. The predicted molar refractivity (Wildman–Crippen MR) is 63.6 cm³/mol. The van der Waals surface area contributed by atoms with Crippen LogP contribution in [-0.4, -0.2) is 21.8 Å². The third kappa shape index (κ3) is 2.12. The first kappa shape index (κ1) is 13.5. The zero-order valence-electron chi connectivity index (χ0n) is 10.6. The molecule has 0 aliphatic heterocycles. The van der Waals surface area contributed by atoms with E-state index in [0.717, 1.165) is 0 Å². The van der Waals surface area contributed by atoms with Gasteiger partial charge in [0, 0.05) is 11.5 Å². The van der Waals surface area contributed by atoms with Gasteiger partial charge in [0.1, 0.15) is 17.1 Å². The van der Waals surface area contributed by atoms with Crippen molar-refractivity contribution in [3.63, 3.8) is 0 Å². The van der Waals surface area contributed by atoms with E-state index in [1.165, 1.54) is 13.8 Å². The summed E-state index contributed by atoms with van der Waals surface area (Å²) in [6.45, 7) is 6.58. The van der Waals surface area contributed by atoms with E-state index in [2.05, 4.69) is 0 Å². The third-order valence-electron chi connectivity index (χ3n) is 3.33. The Balaban J connectivity index is 3.30. The lowest BCUT2D eigenvalue weighted by Gasteiger charge is -2.22. The summed E-state index contributed by atoms with van der Waals surface area (Å²) in [6, 6.07) is 0. The van der Waals surface area contributed by atoms with Crippen LogP contribution in [0, 0.1) is 11.8 Å². The summed E-state index contributed by atoms with van der Waals surface area (Å²) in [5, 5.41) is 19.5. The maximum atomic E-state index is 12.0. The van der Waals surface area contributed by atoms with Gasteiger partial charge in [-0.05, 0) is 20.3 Å². The first-order chi connectivity index (χ1) is 7.82. The maximum Gasteiger partial charge on any atom is 0.180 e. The highest BCUT2D eigenvalue weighted by molar-refractivity contribution is 6.23. The van der Waals surface area contributed by atoms with Crippen LogP contribution in [0.1, 0.15) is 34.1 Å². The van der Waals surface area contributed by atoms with Gasteiger partial charge in [-0.1, -0.05) is 13.8 Å². The van der Waals surface area contributed by atoms with Crippen molar-refractivity contribution in [3.8, 4) is 0 Å². The molecule has 0 amide bonds. The zero-order valence-corrected chi connectivity index (χ0v) is 10.6. The normalized spacial score (nSPS) is 23.1. The fraction of sp³-hybridized carbons (Fsp3) is 0.538. The van der Waals surface area contributed by atoms with Crippen molar-refractivity contribution in [3.05, 3.63) is 22.7 Å². The van der Waals surface area contributed by atoms with Crippen LogP contribution in [0.5, 0.6) is 0 Å². The minimum Gasteiger partial charge on any atom is -0.511 e. The predicted octanol–water partition coefficient (Wildman–Crippen LogP) is 2.46. The molecule has 0 saturated heterocycles. The smallest absolute Gasteiger partial charge is 0.180 e. The van der Waals surface area contributed by atoms with Crippen LogP contribution in [0.4, 0.5) is 0 Å². The Kier molecular flexibility index (Phi) is 3.76. The number of hydrogen-bond donors (Lipinski definition) is 2. The van der Waals surface area contributed by atoms with E-state index in [1.54, 1.807) is 6.92 Å². The molecule has 0 spiro atoms. The topological polar surface area (TPSA) is 74.6 Å². The van der Waals surface area contributed by atoms with Crippen LogP contribution in [-0.2, 0) is 9.59 Å². The van der Waals surface area contributed by atoms with E-state index >= 15 is 0 Å². The fourth-order valence-corrected chi connectivity index (χ4v) is 1.76. The van der Waals surface area contributed by atoms with Crippen molar-refractivity contribution in [2.75, 3.05) is 0 Å². The second-order valence-electron chi connectivity index (χ2n) is 4.49. The van der Waals surface area contributed by atoms with E-state index in [0.29, 0.717) is 6.42 Å². The molecule has 17 heavy (non-hydrogen) atoms. The molecule has 2 unspecified atom stereocenters. The van der Waals surface area contributed by atoms with Crippen molar-refractivity contribution in [1.82, 2.24) is 0 Å². The lowest BCUT2D eigenvalue weighted by atomic mass is 9.82. The largest absolute Gasteiger partial charge is 0.511 e. The molecule has 0 aromatic heterocycles. The number of aliphatic hydroxyl groups excluding tert-OH is 2. The minimum atomic E-state index is -0.756. The van der Waals surface area contributed by atoms with Crippen molar-refractivity contribution < 1.29 is 19.8 Å². The van der Waals surface area contributed by atoms with Gasteiger partial charge in [-0.3, -0.25) is 9.59 Å². The summed E-state index contributed by atoms with van der Waals surface area (Å²) < 4.78 is 0. The lowest BCUT2D eigenvalue weighted by Crippen LogP contribution is -2.30. The van der Waals surface area contributed by atoms with E-state index in [9.17, 15) is 19.8 Å². The molecule has 0 radical (unpaired) electrons. The molecule has 1 aliphatic rings. The van der Waals surface area contributed by atoms with Gasteiger partial charge in [0.05, 0.1) is 5.92 Å². The van der Waals surface area contributed by atoms with E-state index in [-0.39, 0.29) is 34.4 Å². The van der Waals surface area contributed by atoms with Crippen LogP contribution in [0.25, 0.3) is 0 Å². The number of rotatable bonds is 3. The van der Waals surface area contributed by atoms with Crippen molar-refractivity contribution >= 4 is 11.6 Å². The maximum absolute atomic E-state index is 12.0. The van der Waals surface area contributed by atoms with Gasteiger partial charge < -0.3 is 10.2 Å². The highest BCUT2D eigenvalue weighted by atomic mass is 16.3. The van der Waals surface area contributed by atoms with Crippen LogP contribution in [0.15, 0.2) is 22.7 Å². The number of allylic oxidation sites excluding steroid dienone is 3. The Hall–Kier alpha value is -1.58. The highest BCUT2D eigenvalue weighted by Crippen LogP contribution is 2.31. The number of carbonyl (C=O) groups excluding carboxylic acids is 2. The van der Waals surface area contributed by atoms with Gasteiger partial charge in [-0.2, -0.15) is 0 Å². The van der Waals surface area contributed by atoms with Crippen LogP contribution >= 0.6 is 0 Å². The molecule has 0 heterocycles. The Morgan fingerprint density at radius 3 is 2.41 bits per heavy atom. The molecule has 0 bridgehead atoms. The molecular weight excluding hydrogens is 220 g/mol. The minimum absolute atomic E-state index is 0.159. The van der Waals surface area contributed by atoms with Gasteiger partial charge in [-0.25, -0.2) is 0 Å².